The SMILES string of the molecule is Cc1ccc(S(=O)(=O)NCB(O)O)cc1. The van der Waals surface area contributed by atoms with Crippen molar-refractivity contribution in [2.75, 3.05) is 6.44 Å². The Kier molecular flexibility index (Phi) is 3.86. The second-order valence-electron chi connectivity index (χ2n) is 3.15. The normalized spacial score (nSPS) is 11.4. The molecule has 0 bridgehead atoms. The van der Waals surface area contributed by atoms with Gasteiger partial charge in [-0.3, -0.25) is 0 Å². The van der Waals surface area contributed by atoms with Crippen LogP contribution in [-0.4, -0.2) is 32.0 Å². The van der Waals surface area contributed by atoms with Crippen LogP contribution < -0.4 is 4.72 Å². The Morgan fingerprint density at radius 3 is 2.27 bits per heavy atom. The molecule has 0 amide bonds. The van der Waals surface area contributed by atoms with Gasteiger partial charge in [0.2, 0.25) is 10.0 Å². The van der Waals surface area contributed by atoms with E-state index in [0.29, 0.717) is 0 Å². The molecule has 0 heterocycles. The molecule has 3 N–H and O–H groups in total. The molecule has 1 rings (SSSR count). The van der Waals surface area contributed by atoms with Gasteiger partial charge in [-0.15, -0.1) is 0 Å². The number of aryl methyl sites for hydroxylation is 1. The monoisotopic (exact) mass is 229 g/mol. The van der Waals surface area contributed by atoms with Gasteiger partial charge < -0.3 is 10.0 Å². The largest absolute Gasteiger partial charge is 0.467 e. The van der Waals surface area contributed by atoms with Gasteiger partial charge in [0.05, 0.1) is 4.90 Å². The van der Waals surface area contributed by atoms with Crippen LogP contribution in [0.3, 0.4) is 0 Å². The van der Waals surface area contributed by atoms with E-state index in [9.17, 15) is 8.42 Å². The van der Waals surface area contributed by atoms with Gasteiger partial charge in [-0.1, -0.05) is 17.7 Å². The minimum atomic E-state index is -3.64. The lowest BCUT2D eigenvalue weighted by molar-refractivity contribution is 0.404. The van der Waals surface area contributed by atoms with Gasteiger partial charge in [-0.05, 0) is 19.1 Å². The van der Waals surface area contributed by atoms with Gasteiger partial charge in [0, 0.05) is 6.44 Å². The molecule has 0 aliphatic heterocycles. The Bertz CT molecular complexity index is 415. The number of rotatable bonds is 4. The molecule has 0 aromatic heterocycles. The molecule has 1 aromatic rings. The van der Waals surface area contributed by atoms with Crippen LogP contribution >= 0.6 is 0 Å². The highest BCUT2D eigenvalue weighted by Gasteiger charge is 2.16. The van der Waals surface area contributed by atoms with Crippen LogP contribution in [0.4, 0.5) is 0 Å². The topological polar surface area (TPSA) is 86.6 Å². The molecule has 1 aromatic carbocycles. The van der Waals surface area contributed by atoms with Gasteiger partial charge >= 0.3 is 7.12 Å². The average molecular weight is 229 g/mol. The van der Waals surface area contributed by atoms with Gasteiger partial charge in [-0.25, -0.2) is 13.1 Å². The predicted molar refractivity (Wildman–Crippen MR) is 56.6 cm³/mol. The molecular formula is C8H12BNO4S. The third-order valence-corrected chi connectivity index (χ3v) is 3.23. The molecule has 0 spiro atoms. The molecule has 82 valence electrons. The molecule has 0 saturated carbocycles. The second-order valence-corrected chi connectivity index (χ2v) is 4.91. The number of benzene rings is 1. The van der Waals surface area contributed by atoms with E-state index in [1.807, 2.05) is 6.92 Å². The maximum atomic E-state index is 11.5. The van der Waals surface area contributed by atoms with E-state index in [0.717, 1.165) is 5.56 Å². The third-order valence-electron chi connectivity index (χ3n) is 1.79. The van der Waals surface area contributed by atoms with Crippen LogP contribution in [0.2, 0.25) is 0 Å². The van der Waals surface area contributed by atoms with E-state index >= 15 is 0 Å². The second kappa shape index (κ2) is 4.76. The van der Waals surface area contributed by atoms with Crippen molar-refractivity contribution >= 4 is 17.1 Å². The minimum absolute atomic E-state index is 0.105. The Hall–Kier alpha value is -0.885. The summed E-state index contributed by atoms with van der Waals surface area (Å²) >= 11 is 0. The zero-order valence-electron chi connectivity index (χ0n) is 8.21. The highest BCUT2D eigenvalue weighted by Crippen LogP contribution is 2.09. The lowest BCUT2D eigenvalue weighted by Crippen LogP contribution is -2.34. The van der Waals surface area contributed by atoms with Gasteiger partial charge in [0.15, 0.2) is 0 Å². The van der Waals surface area contributed by atoms with Crippen molar-refractivity contribution in [3.63, 3.8) is 0 Å². The van der Waals surface area contributed by atoms with Crippen molar-refractivity contribution in [2.45, 2.75) is 11.8 Å². The summed E-state index contributed by atoms with van der Waals surface area (Å²) in [4.78, 5) is 0.105. The van der Waals surface area contributed by atoms with E-state index < -0.39 is 23.6 Å². The Morgan fingerprint density at radius 2 is 1.80 bits per heavy atom. The lowest BCUT2D eigenvalue weighted by atomic mass is 9.94. The Labute approximate surface area is 89.0 Å². The summed E-state index contributed by atoms with van der Waals surface area (Å²) in [5.41, 5.74) is 0.955. The first kappa shape index (κ1) is 12.2. The summed E-state index contributed by atoms with van der Waals surface area (Å²) in [5, 5.41) is 17.1. The minimum Gasteiger partial charge on any atom is -0.426 e. The first-order valence-electron chi connectivity index (χ1n) is 4.34. The summed E-state index contributed by atoms with van der Waals surface area (Å²) in [6.45, 7) is 1.85. The smallest absolute Gasteiger partial charge is 0.426 e. The summed E-state index contributed by atoms with van der Waals surface area (Å²) < 4.78 is 25.1. The molecule has 7 heteroatoms. The fourth-order valence-corrected chi connectivity index (χ4v) is 2.01. The highest BCUT2D eigenvalue weighted by molar-refractivity contribution is 7.89. The maximum absolute atomic E-state index is 11.5. The number of hydrogen-bond donors (Lipinski definition) is 3. The molecule has 0 radical (unpaired) electrons. The number of nitrogens with one attached hydrogen (secondary N) is 1. The van der Waals surface area contributed by atoms with Crippen molar-refractivity contribution in [3.8, 4) is 0 Å². The molecule has 15 heavy (non-hydrogen) atoms. The number of hydrogen-bond acceptors (Lipinski definition) is 4. The van der Waals surface area contributed by atoms with E-state index in [-0.39, 0.29) is 4.90 Å². The van der Waals surface area contributed by atoms with E-state index in [2.05, 4.69) is 4.72 Å². The van der Waals surface area contributed by atoms with Crippen molar-refractivity contribution < 1.29 is 18.5 Å². The maximum Gasteiger partial charge on any atom is 0.467 e. The fraction of sp³-hybridized carbons (Fsp3) is 0.250. The molecular weight excluding hydrogens is 217 g/mol. The quantitative estimate of drug-likeness (QED) is 0.595. The van der Waals surface area contributed by atoms with Gasteiger partial charge in [-0.2, -0.15) is 0 Å². The average Bonchev–Trinajstić information content (AvgIpc) is 2.16. The molecule has 0 atom stereocenters. The Balaban J connectivity index is 2.82. The van der Waals surface area contributed by atoms with E-state index in [4.69, 9.17) is 10.0 Å². The highest BCUT2D eigenvalue weighted by atomic mass is 32.2. The third kappa shape index (κ3) is 3.63. The molecule has 0 fully saturated rings. The van der Waals surface area contributed by atoms with Crippen LogP contribution in [0.1, 0.15) is 5.56 Å². The molecule has 0 saturated heterocycles. The van der Waals surface area contributed by atoms with Crippen molar-refractivity contribution in [1.82, 2.24) is 4.72 Å². The van der Waals surface area contributed by atoms with Crippen LogP contribution in [0.5, 0.6) is 0 Å². The summed E-state index contributed by atoms with van der Waals surface area (Å²) in [7, 11) is -5.33. The van der Waals surface area contributed by atoms with Crippen LogP contribution in [0, 0.1) is 6.92 Å². The predicted octanol–water partition coefficient (Wildman–Crippen LogP) is -0.715. The zero-order chi connectivity index (χ0) is 11.5. The molecule has 0 unspecified atom stereocenters. The zero-order valence-corrected chi connectivity index (χ0v) is 9.03. The van der Waals surface area contributed by atoms with Crippen LogP contribution in [-0.2, 0) is 10.0 Å². The lowest BCUT2D eigenvalue weighted by Gasteiger charge is -2.05. The Morgan fingerprint density at radius 1 is 1.27 bits per heavy atom. The molecule has 0 aliphatic rings. The van der Waals surface area contributed by atoms with Crippen molar-refractivity contribution in [2.24, 2.45) is 0 Å². The first-order valence-corrected chi connectivity index (χ1v) is 5.82. The summed E-state index contributed by atoms with van der Waals surface area (Å²) in [6, 6.07) is 6.26. The van der Waals surface area contributed by atoms with Crippen molar-refractivity contribution in [3.05, 3.63) is 29.8 Å². The fourth-order valence-electron chi connectivity index (χ4n) is 0.985. The first-order chi connectivity index (χ1) is 6.92. The molecule has 0 aliphatic carbocycles. The summed E-state index contributed by atoms with van der Waals surface area (Å²) in [6.07, 6.45) is -0.420. The van der Waals surface area contributed by atoms with Gasteiger partial charge in [0.25, 0.3) is 0 Å². The van der Waals surface area contributed by atoms with Crippen LogP contribution in [0.15, 0.2) is 29.2 Å². The van der Waals surface area contributed by atoms with Crippen LogP contribution in [0.25, 0.3) is 0 Å². The van der Waals surface area contributed by atoms with Gasteiger partial charge in [0.1, 0.15) is 0 Å². The van der Waals surface area contributed by atoms with E-state index in [1.165, 1.54) is 12.1 Å². The summed E-state index contributed by atoms with van der Waals surface area (Å²) in [5.74, 6) is 0. The standard InChI is InChI=1S/C8H12BNO4S/c1-7-2-4-8(5-3-7)15(13,14)10-6-9(11)12/h2-5,10-12H,6H2,1H3. The molecule has 5 nitrogen and oxygen atoms in total. The van der Waals surface area contributed by atoms with Crippen molar-refractivity contribution in [1.29, 1.82) is 0 Å². The number of sulfonamides is 1. The van der Waals surface area contributed by atoms with E-state index in [1.54, 1.807) is 12.1 Å².